The summed E-state index contributed by atoms with van der Waals surface area (Å²) in [5, 5.41) is 4.03. The molecule has 1 fully saturated rings. The van der Waals surface area contributed by atoms with Crippen molar-refractivity contribution in [2.45, 2.75) is 31.7 Å². The van der Waals surface area contributed by atoms with Crippen LogP contribution in [-0.4, -0.2) is 23.5 Å². The van der Waals surface area contributed by atoms with Crippen molar-refractivity contribution in [2.24, 2.45) is 11.7 Å². The van der Waals surface area contributed by atoms with Crippen LogP contribution >= 0.6 is 0 Å². The van der Waals surface area contributed by atoms with Crippen molar-refractivity contribution < 1.29 is 4.79 Å². The minimum absolute atomic E-state index is 0.0140. The highest BCUT2D eigenvalue weighted by Crippen LogP contribution is 2.22. The number of pyridine rings is 1. The van der Waals surface area contributed by atoms with E-state index in [-0.39, 0.29) is 5.91 Å². The number of fused-ring (bicyclic) bond motifs is 1. The predicted octanol–water partition coefficient (Wildman–Crippen LogP) is 2.48. The maximum absolute atomic E-state index is 12.2. The summed E-state index contributed by atoms with van der Waals surface area (Å²) in [6.07, 6.45) is 6.22. The average Bonchev–Trinajstić information content (AvgIpc) is 2.52. The fraction of sp³-hybridized carbons (Fsp3) is 0.412. The van der Waals surface area contributed by atoms with Crippen molar-refractivity contribution in [3.8, 4) is 0 Å². The number of nitrogens with one attached hydrogen (secondary N) is 1. The molecule has 0 aliphatic heterocycles. The van der Waals surface area contributed by atoms with E-state index in [1.54, 1.807) is 6.20 Å². The number of hydrogen-bond donors (Lipinski definition) is 2. The smallest absolute Gasteiger partial charge is 0.251 e. The van der Waals surface area contributed by atoms with Crippen LogP contribution in [0.4, 0.5) is 0 Å². The van der Waals surface area contributed by atoms with E-state index >= 15 is 0 Å². The van der Waals surface area contributed by atoms with E-state index in [1.807, 2.05) is 30.3 Å². The molecular formula is C17H21N3O. The second kappa shape index (κ2) is 6.22. The second-order valence-electron chi connectivity index (χ2n) is 5.91. The quantitative estimate of drug-likeness (QED) is 0.909. The van der Waals surface area contributed by atoms with E-state index in [1.165, 1.54) is 6.42 Å². The number of carbonyl (C=O) groups excluding carboxylic acids is 1. The van der Waals surface area contributed by atoms with Crippen molar-refractivity contribution in [3.63, 3.8) is 0 Å². The molecule has 0 saturated heterocycles. The van der Waals surface area contributed by atoms with Gasteiger partial charge in [0, 0.05) is 29.7 Å². The predicted molar refractivity (Wildman–Crippen MR) is 84.0 cm³/mol. The molecule has 1 aliphatic rings. The van der Waals surface area contributed by atoms with Crippen molar-refractivity contribution in [1.29, 1.82) is 0 Å². The fourth-order valence-electron chi connectivity index (χ4n) is 3.07. The molecule has 110 valence electrons. The molecule has 0 bridgehead atoms. The Morgan fingerprint density at radius 1 is 1.33 bits per heavy atom. The maximum Gasteiger partial charge on any atom is 0.251 e. The van der Waals surface area contributed by atoms with Crippen molar-refractivity contribution >= 4 is 16.8 Å². The van der Waals surface area contributed by atoms with Crippen LogP contribution in [0.3, 0.4) is 0 Å². The first-order valence-electron chi connectivity index (χ1n) is 7.61. The summed E-state index contributed by atoms with van der Waals surface area (Å²) in [7, 11) is 0. The van der Waals surface area contributed by atoms with E-state index in [4.69, 9.17) is 5.73 Å². The number of rotatable bonds is 3. The Kier molecular flexibility index (Phi) is 4.15. The van der Waals surface area contributed by atoms with E-state index in [0.29, 0.717) is 17.5 Å². The fourth-order valence-corrected chi connectivity index (χ4v) is 3.07. The van der Waals surface area contributed by atoms with Crippen LogP contribution in [0.15, 0.2) is 36.5 Å². The van der Waals surface area contributed by atoms with Gasteiger partial charge >= 0.3 is 0 Å². The monoisotopic (exact) mass is 283 g/mol. The van der Waals surface area contributed by atoms with Crippen molar-refractivity contribution in [2.75, 3.05) is 6.54 Å². The number of benzene rings is 1. The SMILES string of the molecule is NC1CCCC(CNC(=O)c2ccc3ncccc3c2)C1. The number of aromatic nitrogens is 1. The summed E-state index contributed by atoms with van der Waals surface area (Å²) in [5.41, 5.74) is 7.59. The van der Waals surface area contributed by atoms with Crippen LogP contribution in [0.1, 0.15) is 36.0 Å². The van der Waals surface area contributed by atoms with Gasteiger partial charge in [-0.15, -0.1) is 0 Å². The van der Waals surface area contributed by atoms with Crippen molar-refractivity contribution in [3.05, 3.63) is 42.1 Å². The van der Waals surface area contributed by atoms with E-state index in [9.17, 15) is 4.79 Å². The lowest BCUT2D eigenvalue weighted by Crippen LogP contribution is -2.35. The molecule has 1 aliphatic carbocycles. The van der Waals surface area contributed by atoms with Crippen LogP contribution in [0.25, 0.3) is 10.9 Å². The van der Waals surface area contributed by atoms with E-state index in [2.05, 4.69) is 10.3 Å². The topological polar surface area (TPSA) is 68.0 Å². The van der Waals surface area contributed by atoms with Crippen molar-refractivity contribution in [1.82, 2.24) is 10.3 Å². The molecule has 4 heteroatoms. The molecular weight excluding hydrogens is 262 g/mol. The van der Waals surface area contributed by atoms with Crippen LogP contribution in [-0.2, 0) is 0 Å². The Balaban J connectivity index is 1.63. The first-order chi connectivity index (χ1) is 10.2. The Labute approximate surface area is 124 Å². The van der Waals surface area contributed by atoms with Crippen LogP contribution in [0.2, 0.25) is 0 Å². The molecule has 3 N–H and O–H groups in total. The molecule has 1 amide bonds. The Hall–Kier alpha value is -1.94. The molecule has 4 nitrogen and oxygen atoms in total. The first-order valence-corrected chi connectivity index (χ1v) is 7.61. The molecule has 1 saturated carbocycles. The number of nitrogens with two attached hydrogens (primary N) is 1. The summed E-state index contributed by atoms with van der Waals surface area (Å²) in [4.78, 5) is 16.5. The third-order valence-electron chi connectivity index (χ3n) is 4.24. The van der Waals surface area contributed by atoms with Gasteiger partial charge in [0.2, 0.25) is 0 Å². The minimum atomic E-state index is -0.0140. The zero-order chi connectivity index (χ0) is 14.7. The third kappa shape index (κ3) is 3.39. The molecule has 1 aromatic heterocycles. The highest BCUT2D eigenvalue weighted by molar-refractivity contribution is 5.97. The second-order valence-corrected chi connectivity index (χ2v) is 5.91. The maximum atomic E-state index is 12.2. The normalized spacial score (nSPS) is 22.1. The lowest BCUT2D eigenvalue weighted by Gasteiger charge is -2.26. The molecule has 21 heavy (non-hydrogen) atoms. The van der Waals surface area contributed by atoms with Crippen LogP contribution in [0.5, 0.6) is 0 Å². The van der Waals surface area contributed by atoms with E-state index in [0.717, 1.165) is 36.7 Å². The third-order valence-corrected chi connectivity index (χ3v) is 4.24. The van der Waals surface area contributed by atoms with E-state index < -0.39 is 0 Å². The Morgan fingerprint density at radius 2 is 2.24 bits per heavy atom. The van der Waals surface area contributed by atoms with Gasteiger partial charge in [0.25, 0.3) is 5.91 Å². The average molecular weight is 283 g/mol. The molecule has 2 atom stereocenters. The number of hydrogen-bond acceptors (Lipinski definition) is 3. The van der Waals surface area contributed by atoms with Gasteiger partial charge < -0.3 is 11.1 Å². The van der Waals surface area contributed by atoms with Gasteiger partial charge in [-0.2, -0.15) is 0 Å². The van der Waals surface area contributed by atoms with Gasteiger partial charge in [0.1, 0.15) is 0 Å². The molecule has 2 unspecified atom stereocenters. The number of amides is 1. The molecule has 1 heterocycles. The molecule has 0 spiro atoms. The standard InChI is InChI=1S/C17H21N3O/c18-15-5-1-3-12(9-15)11-20-17(21)14-6-7-16-13(10-14)4-2-8-19-16/h2,4,6-8,10,12,15H,1,3,5,9,11,18H2,(H,20,21). The first kappa shape index (κ1) is 14.0. The van der Waals surface area contributed by atoms with Crippen LogP contribution in [0, 0.1) is 5.92 Å². The van der Waals surface area contributed by atoms with Gasteiger partial charge in [-0.25, -0.2) is 0 Å². The summed E-state index contributed by atoms with van der Waals surface area (Å²) in [6.45, 7) is 0.720. The van der Waals surface area contributed by atoms with Gasteiger partial charge in [0.05, 0.1) is 5.52 Å². The molecule has 1 aromatic carbocycles. The zero-order valence-electron chi connectivity index (χ0n) is 12.1. The minimum Gasteiger partial charge on any atom is -0.352 e. The Bertz CT molecular complexity index is 641. The lowest BCUT2D eigenvalue weighted by atomic mass is 9.86. The largest absolute Gasteiger partial charge is 0.352 e. The summed E-state index contributed by atoms with van der Waals surface area (Å²) >= 11 is 0. The number of nitrogens with zero attached hydrogens (tertiary/aromatic N) is 1. The number of carbonyl (C=O) groups is 1. The van der Waals surface area contributed by atoms with Gasteiger partial charge in [-0.3, -0.25) is 9.78 Å². The molecule has 2 aromatic rings. The highest BCUT2D eigenvalue weighted by Gasteiger charge is 2.19. The summed E-state index contributed by atoms with van der Waals surface area (Å²) in [5.74, 6) is 0.500. The summed E-state index contributed by atoms with van der Waals surface area (Å²) < 4.78 is 0. The summed E-state index contributed by atoms with van der Waals surface area (Å²) in [6, 6.07) is 9.77. The van der Waals surface area contributed by atoms with Gasteiger partial charge in [0.15, 0.2) is 0 Å². The van der Waals surface area contributed by atoms with Gasteiger partial charge in [-0.05, 0) is 49.4 Å². The molecule has 0 radical (unpaired) electrons. The lowest BCUT2D eigenvalue weighted by molar-refractivity contribution is 0.0942. The zero-order valence-corrected chi connectivity index (χ0v) is 12.1. The molecule has 3 rings (SSSR count). The van der Waals surface area contributed by atoms with Gasteiger partial charge in [-0.1, -0.05) is 12.5 Å². The highest BCUT2D eigenvalue weighted by atomic mass is 16.1. The Morgan fingerprint density at radius 3 is 3.10 bits per heavy atom. The van der Waals surface area contributed by atoms with Crippen LogP contribution < -0.4 is 11.1 Å².